The number of benzene rings is 1. The van der Waals surface area contributed by atoms with E-state index in [1.807, 2.05) is 12.1 Å². The summed E-state index contributed by atoms with van der Waals surface area (Å²) >= 11 is 0. The molecule has 0 bridgehead atoms. The molecule has 0 radical (unpaired) electrons. The van der Waals surface area contributed by atoms with Crippen molar-refractivity contribution in [1.82, 2.24) is 4.90 Å². The average Bonchev–Trinajstić information content (AvgIpc) is 3.23. The molecule has 1 amide bonds. The van der Waals surface area contributed by atoms with Gasteiger partial charge in [0.1, 0.15) is 0 Å². The standard InChI is InChI=1S/C15H23N3O2/c1-17(2)15(19)13-7-4-11(16)10-14(13)18(8-9-20-3)12-5-6-12/h4,7,10,12H,5-6,8-9,16H2,1-3H3. The molecule has 2 N–H and O–H groups in total. The quantitative estimate of drug-likeness (QED) is 0.802. The van der Waals surface area contributed by atoms with Crippen LogP contribution in [-0.4, -0.2) is 51.2 Å². The Balaban J connectivity index is 2.35. The predicted molar refractivity (Wildman–Crippen MR) is 81.1 cm³/mol. The third-order valence-corrected chi connectivity index (χ3v) is 3.49. The van der Waals surface area contributed by atoms with Crippen LogP contribution in [0.15, 0.2) is 18.2 Å². The van der Waals surface area contributed by atoms with Crippen molar-refractivity contribution in [3.63, 3.8) is 0 Å². The summed E-state index contributed by atoms with van der Waals surface area (Å²) in [5, 5.41) is 0. The van der Waals surface area contributed by atoms with Gasteiger partial charge >= 0.3 is 0 Å². The van der Waals surface area contributed by atoms with Gasteiger partial charge in [-0.25, -0.2) is 0 Å². The van der Waals surface area contributed by atoms with Gasteiger partial charge in [0.25, 0.3) is 5.91 Å². The lowest BCUT2D eigenvalue weighted by molar-refractivity contribution is 0.0828. The van der Waals surface area contributed by atoms with Crippen LogP contribution in [0.2, 0.25) is 0 Å². The molecule has 1 aromatic rings. The topological polar surface area (TPSA) is 58.8 Å². The van der Waals surface area contributed by atoms with Crippen molar-refractivity contribution in [3.05, 3.63) is 23.8 Å². The maximum absolute atomic E-state index is 12.3. The number of ether oxygens (including phenoxy) is 1. The van der Waals surface area contributed by atoms with E-state index in [9.17, 15) is 4.79 Å². The van der Waals surface area contributed by atoms with E-state index in [1.54, 1.807) is 32.2 Å². The summed E-state index contributed by atoms with van der Waals surface area (Å²) in [6.07, 6.45) is 2.32. The lowest BCUT2D eigenvalue weighted by Gasteiger charge is -2.27. The van der Waals surface area contributed by atoms with E-state index in [4.69, 9.17) is 10.5 Å². The molecule has 110 valence electrons. The third kappa shape index (κ3) is 3.22. The maximum atomic E-state index is 12.3. The van der Waals surface area contributed by atoms with Crippen molar-refractivity contribution >= 4 is 17.3 Å². The van der Waals surface area contributed by atoms with E-state index in [1.165, 1.54) is 0 Å². The van der Waals surface area contributed by atoms with Gasteiger partial charge in [-0.3, -0.25) is 4.79 Å². The molecular formula is C15H23N3O2. The summed E-state index contributed by atoms with van der Waals surface area (Å²) < 4.78 is 5.18. The molecule has 1 aromatic carbocycles. The van der Waals surface area contributed by atoms with E-state index < -0.39 is 0 Å². The second kappa shape index (κ2) is 6.13. The summed E-state index contributed by atoms with van der Waals surface area (Å²) in [5.41, 5.74) is 8.21. The molecular weight excluding hydrogens is 254 g/mol. The fraction of sp³-hybridized carbons (Fsp3) is 0.533. The van der Waals surface area contributed by atoms with Crippen LogP contribution in [0.5, 0.6) is 0 Å². The summed E-state index contributed by atoms with van der Waals surface area (Å²) in [4.78, 5) is 16.2. The Bertz CT molecular complexity index is 484. The molecule has 0 unspecified atom stereocenters. The zero-order valence-electron chi connectivity index (χ0n) is 12.4. The van der Waals surface area contributed by atoms with Gasteiger partial charge < -0.3 is 20.3 Å². The zero-order chi connectivity index (χ0) is 14.7. The fourth-order valence-electron chi connectivity index (χ4n) is 2.28. The number of nitrogens with two attached hydrogens (primary N) is 1. The molecule has 0 heterocycles. The SMILES string of the molecule is COCCN(c1cc(N)ccc1C(=O)N(C)C)C1CC1. The first-order valence-electron chi connectivity index (χ1n) is 6.91. The number of anilines is 2. The van der Waals surface area contributed by atoms with Gasteiger partial charge in [0.15, 0.2) is 0 Å². The van der Waals surface area contributed by atoms with Crippen LogP contribution >= 0.6 is 0 Å². The first kappa shape index (κ1) is 14.7. The van der Waals surface area contributed by atoms with Gasteiger partial charge in [0.05, 0.1) is 17.9 Å². The molecule has 0 aliphatic heterocycles. The normalized spacial score (nSPS) is 14.2. The zero-order valence-corrected chi connectivity index (χ0v) is 12.4. The fourth-order valence-corrected chi connectivity index (χ4v) is 2.28. The number of hydrogen-bond donors (Lipinski definition) is 1. The summed E-state index contributed by atoms with van der Waals surface area (Å²) in [6.45, 7) is 1.42. The Morgan fingerprint density at radius 3 is 2.65 bits per heavy atom. The van der Waals surface area contributed by atoms with Crippen LogP contribution in [-0.2, 0) is 4.74 Å². The smallest absolute Gasteiger partial charge is 0.255 e. The number of amides is 1. The Morgan fingerprint density at radius 2 is 2.10 bits per heavy atom. The van der Waals surface area contributed by atoms with Crippen LogP contribution in [0.3, 0.4) is 0 Å². The van der Waals surface area contributed by atoms with E-state index in [2.05, 4.69) is 4.90 Å². The average molecular weight is 277 g/mol. The van der Waals surface area contributed by atoms with Crippen LogP contribution < -0.4 is 10.6 Å². The van der Waals surface area contributed by atoms with Crippen LogP contribution in [0.25, 0.3) is 0 Å². The predicted octanol–water partition coefficient (Wildman–Crippen LogP) is 1.59. The minimum atomic E-state index is 0.00284. The van der Waals surface area contributed by atoms with Gasteiger partial charge in [-0.15, -0.1) is 0 Å². The number of carbonyl (C=O) groups is 1. The monoisotopic (exact) mass is 277 g/mol. The molecule has 5 nitrogen and oxygen atoms in total. The number of hydrogen-bond acceptors (Lipinski definition) is 4. The lowest BCUT2D eigenvalue weighted by atomic mass is 10.1. The summed E-state index contributed by atoms with van der Waals surface area (Å²) in [6, 6.07) is 5.99. The highest BCUT2D eigenvalue weighted by molar-refractivity contribution is 6.00. The molecule has 1 fully saturated rings. The summed E-state index contributed by atoms with van der Waals surface area (Å²) in [5.74, 6) is 0.00284. The minimum Gasteiger partial charge on any atom is -0.399 e. The number of nitrogen functional groups attached to an aromatic ring is 1. The first-order valence-corrected chi connectivity index (χ1v) is 6.91. The van der Waals surface area contributed by atoms with E-state index in [0.717, 1.165) is 25.1 Å². The van der Waals surface area contributed by atoms with Gasteiger partial charge in [-0.2, -0.15) is 0 Å². The van der Waals surface area contributed by atoms with Gasteiger partial charge in [-0.05, 0) is 31.0 Å². The third-order valence-electron chi connectivity index (χ3n) is 3.49. The number of methoxy groups -OCH3 is 1. The van der Waals surface area contributed by atoms with E-state index >= 15 is 0 Å². The van der Waals surface area contributed by atoms with E-state index in [0.29, 0.717) is 23.9 Å². The Morgan fingerprint density at radius 1 is 1.40 bits per heavy atom. The van der Waals surface area contributed by atoms with Gasteiger partial charge in [0, 0.05) is 39.5 Å². The van der Waals surface area contributed by atoms with Gasteiger partial charge in [-0.1, -0.05) is 0 Å². The molecule has 1 saturated carbocycles. The maximum Gasteiger partial charge on any atom is 0.255 e. The first-order chi connectivity index (χ1) is 9.54. The number of rotatable bonds is 6. The minimum absolute atomic E-state index is 0.00284. The molecule has 0 aromatic heterocycles. The van der Waals surface area contributed by atoms with Crippen LogP contribution in [0.4, 0.5) is 11.4 Å². The van der Waals surface area contributed by atoms with Crippen LogP contribution in [0.1, 0.15) is 23.2 Å². The Hall–Kier alpha value is -1.75. The molecule has 5 heteroatoms. The highest BCUT2D eigenvalue weighted by Gasteiger charge is 2.31. The highest BCUT2D eigenvalue weighted by Crippen LogP contribution is 2.34. The second-order valence-corrected chi connectivity index (χ2v) is 5.39. The number of carbonyl (C=O) groups excluding carboxylic acids is 1. The van der Waals surface area contributed by atoms with Crippen molar-refractivity contribution in [2.24, 2.45) is 0 Å². The van der Waals surface area contributed by atoms with Crippen LogP contribution in [0, 0.1) is 0 Å². The second-order valence-electron chi connectivity index (χ2n) is 5.39. The molecule has 20 heavy (non-hydrogen) atoms. The van der Waals surface area contributed by atoms with Crippen molar-refractivity contribution < 1.29 is 9.53 Å². The van der Waals surface area contributed by atoms with Crippen molar-refractivity contribution in [2.75, 3.05) is 45.0 Å². The molecule has 0 spiro atoms. The van der Waals surface area contributed by atoms with E-state index in [-0.39, 0.29) is 5.91 Å². The largest absolute Gasteiger partial charge is 0.399 e. The van der Waals surface area contributed by atoms with Crippen molar-refractivity contribution in [1.29, 1.82) is 0 Å². The summed E-state index contributed by atoms with van der Waals surface area (Å²) in [7, 11) is 5.22. The Kier molecular flexibility index (Phi) is 4.49. The van der Waals surface area contributed by atoms with Gasteiger partial charge in [0.2, 0.25) is 0 Å². The van der Waals surface area contributed by atoms with Crippen molar-refractivity contribution in [3.8, 4) is 0 Å². The van der Waals surface area contributed by atoms with Crippen molar-refractivity contribution in [2.45, 2.75) is 18.9 Å². The molecule has 0 atom stereocenters. The highest BCUT2D eigenvalue weighted by atomic mass is 16.5. The lowest BCUT2D eigenvalue weighted by Crippen LogP contribution is -2.32. The molecule has 1 aliphatic carbocycles. The molecule has 2 rings (SSSR count). The molecule has 1 aliphatic rings. The Labute approximate surface area is 120 Å². The molecule has 0 saturated heterocycles. The number of nitrogens with zero attached hydrogens (tertiary/aromatic N) is 2.